The molecule has 1 aromatic heterocycles. The van der Waals surface area contributed by atoms with Gasteiger partial charge in [0, 0.05) is 6.04 Å². The molecule has 4 aliphatic carbocycles. The maximum absolute atomic E-state index is 13.0. The molecule has 1 N–H and O–H groups in total. The van der Waals surface area contributed by atoms with Crippen LogP contribution in [0.4, 0.5) is 0 Å². The number of benzene rings is 1. The quantitative estimate of drug-likeness (QED) is 0.940. The molecule has 1 amide bonds. The summed E-state index contributed by atoms with van der Waals surface area (Å²) in [5.41, 5.74) is 1.36. The third-order valence-electron chi connectivity index (χ3n) is 6.27. The van der Waals surface area contributed by atoms with E-state index in [0.717, 1.165) is 17.5 Å². The minimum atomic E-state index is -0.00132. The summed E-state index contributed by atoms with van der Waals surface area (Å²) >= 11 is 0. The largest absolute Gasteiger partial charge is 0.349 e. The van der Waals surface area contributed by atoms with E-state index in [4.69, 9.17) is 0 Å². The molecule has 0 spiro atoms. The molecule has 4 bridgehead atoms. The molecule has 4 fully saturated rings. The van der Waals surface area contributed by atoms with E-state index in [1.165, 1.54) is 38.4 Å². The number of tetrazole rings is 1. The number of hydrogen-bond donors (Lipinski definition) is 1. The van der Waals surface area contributed by atoms with Crippen molar-refractivity contribution in [3.63, 3.8) is 0 Å². The lowest BCUT2D eigenvalue weighted by Gasteiger charge is -2.54. The van der Waals surface area contributed by atoms with Gasteiger partial charge >= 0.3 is 0 Å². The second-order valence-corrected chi connectivity index (χ2v) is 7.70. The number of carbonyl (C=O) groups excluding carboxylic acids is 1. The summed E-state index contributed by atoms with van der Waals surface area (Å²) in [4.78, 5) is 13.0. The average Bonchev–Trinajstić information content (AvgIpc) is 3.12. The van der Waals surface area contributed by atoms with E-state index in [0.29, 0.717) is 23.4 Å². The Kier molecular flexibility index (Phi) is 3.18. The summed E-state index contributed by atoms with van der Waals surface area (Å²) in [6.45, 7) is 0. The van der Waals surface area contributed by atoms with Crippen LogP contribution in [0.2, 0.25) is 0 Å². The van der Waals surface area contributed by atoms with E-state index >= 15 is 0 Å². The molecule has 0 atom stereocenters. The fourth-order valence-corrected chi connectivity index (χ4v) is 5.53. The Morgan fingerprint density at radius 3 is 2.42 bits per heavy atom. The standard InChI is InChI=1S/C18H21N5O/c24-18(15-3-1-2-4-16(15)23-10-19-21-22-23)20-17-13-6-11-5-12(8-13)9-14(17)7-11/h1-4,10-14,17H,5-9H2,(H,20,24). The molecule has 0 aliphatic heterocycles. The zero-order valence-corrected chi connectivity index (χ0v) is 13.5. The first kappa shape index (κ1) is 14.1. The molecule has 0 unspecified atom stereocenters. The Labute approximate surface area is 140 Å². The monoisotopic (exact) mass is 323 g/mol. The van der Waals surface area contributed by atoms with Gasteiger partial charge < -0.3 is 5.32 Å². The molecule has 4 saturated carbocycles. The normalized spacial score (nSPS) is 33.6. The number of nitrogens with one attached hydrogen (secondary N) is 1. The number of rotatable bonds is 3. The van der Waals surface area contributed by atoms with Crippen LogP contribution >= 0.6 is 0 Å². The summed E-state index contributed by atoms with van der Waals surface area (Å²) in [6.07, 6.45) is 8.14. The molecule has 6 nitrogen and oxygen atoms in total. The smallest absolute Gasteiger partial charge is 0.253 e. The molecule has 1 heterocycles. The summed E-state index contributed by atoms with van der Waals surface area (Å²) in [5, 5.41) is 14.6. The maximum atomic E-state index is 13.0. The van der Waals surface area contributed by atoms with Gasteiger partial charge in [-0.15, -0.1) is 5.10 Å². The van der Waals surface area contributed by atoms with Crippen molar-refractivity contribution in [1.29, 1.82) is 0 Å². The lowest BCUT2D eigenvalue weighted by molar-refractivity contribution is -0.0119. The molecule has 124 valence electrons. The van der Waals surface area contributed by atoms with Gasteiger partial charge in [-0.3, -0.25) is 4.79 Å². The van der Waals surface area contributed by atoms with Crippen LogP contribution in [0.25, 0.3) is 5.69 Å². The molecule has 4 aliphatic rings. The molecule has 2 aromatic rings. The fraction of sp³-hybridized carbons (Fsp3) is 0.556. The van der Waals surface area contributed by atoms with E-state index in [9.17, 15) is 4.79 Å². The van der Waals surface area contributed by atoms with Gasteiger partial charge in [0.15, 0.2) is 0 Å². The SMILES string of the molecule is O=C(NC1C2CC3CC(C2)CC1C3)c1ccccc1-n1cnnn1. The number of hydrogen-bond acceptors (Lipinski definition) is 4. The zero-order valence-electron chi connectivity index (χ0n) is 13.5. The van der Waals surface area contributed by atoms with Crippen molar-refractivity contribution < 1.29 is 4.79 Å². The van der Waals surface area contributed by atoms with Gasteiger partial charge in [-0.25, -0.2) is 0 Å². The van der Waals surface area contributed by atoms with E-state index in [1.54, 1.807) is 4.68 Å². The van der Waals surface area contributed by atoms with Crippen LogP contribution in [-0.4, -0.2) is 32.2 Å². The predicted molar refractivity (Wildman–Crippen MR) is 87.5 cm³/mol. The highest BCUT2D eigenvalue weighted by Gasteiger charge is 2.48. The van der Waals surface area contributed by atoms with Gasteiger partial charge in [0.25, 0.3) is 5.91 Å². The second-order valence-electron chi connectivity index (χ2n) is 7.70. The third kappa shape index (κ3) is 2.24. The van der Waals surface area contributed by atoms with Crippen LogP contribution in [0.3, 0.4) is 0 Å². The van der Waals surface area contributed by atoms with E-state index < -0.39 is 0 Å². The van der Waals surface area contributed by atoms with Crippen molar-refractivity contribution in [2.45, 2.75) is 38.1 Å². The minimum absolute atomic E-state index is 0.00132. The minimum Gasteiger partial charge on any atom is -0.349 e. The first-order valence-electron chi connectivity index (χ1n) is 8.91. The Hall–Kier alpha value is -2.24. The molecule has 0 radical (unpaired) electrons. The Morgan fingerprint density at radius 2 is 1.75 bits per heavy atom. The second kappa shape index (κ2) is 5.40. The van der Waals surface area contributed by atoms with Gasteiger partial charge in [-0.05, 0) is 78.3 Å². The van der Waals surface area contributed by atoms with E-state index in [2.05, 4.69) is 20.8 Å². The van der Waals surface area contributed by atoms with Crippen LogP contribution in [0, 0.1) is 23.7 Å². The van der Waals surface area contributed by atoms with Gasteiger partial charge in [0.2, 0.25) is 0 Å². The summed E-state index contributed by atoms with van der Waals surface area (Å²) in [5.74, 6) is 3.16. The topological polar surface area (TPSA) is 72.7 Å². The van der Waals surface area contributed by atoms with Gasteiger partial charge in [0.1, 0.15) is 6.33 Å². The van der Waals surface area contributed by atoms with Gasteiger partial charge in [-0.2, -0.15) is 4.68 Å². The molecule has 24 heavy (non-hydrogen) atoms. The average molecular weight is 323 g/mol. The predicted octanol–water partition coefficient (Wildman–Crippen LogP) is 2.22. The van der Waals surface area contributed by atoms with Gasteiger partial charge in [0.05, 0.1) is 11.3 Å². The van der Waals surface area contributed by atoms with Crippen LogP contribution < -0.4 is 5.32 Å². The van der Waals surface area contributed by atoms with Crippen molar-refractivity contribution in [1.82, 2.24) is 25.5 Å². The van der Waals surface area contributed by atoms with Crippen LogP contribution in [0.5, 0.6) is 0 Å². The number of nitrogens with zero attached hydrogens (tertiary/aromatic N) is 4. The Bertz CT molecular complexity index is 729. The van der Waals surface area contributed by atoms with Crippen molar-refractivity contribution in [3.8, 4) is 5.69 Å². The Balaban J connectivity index is 1.40. The van der Waals surface area contributed by atoms with E-state index in [1.807, 2.05) is 24.3 Å². The number of carbonyl (C=O) groups is 1. The van der Waals surface area contributed by atoms with E-state index in [-0.39, 0.29) is 5.91 Å². The lowest BCUT2D eigenvalue weighted by Crippen LogP contribution is -2.55. The van der Waals surface area contributed by atoms with Crippen molar-refractivity contribution in [3.05, 3.63) is 36.2 Å². The fourth-order valence-electron chi connectivity index (χ4n) is 5.53. The summed E-state index contributed by atoms with van der Waals surface area (Å²) in [7, 11) is 0. The zero-order chi connectivity index (χ0) is 16.1. The van der Waals surface area contributed by atoms with Gasteiger partial charge in [-0.1, -0.05) is 12.1 Å². The molecular weight excluding hydrogens is 302 g/mol. The highest BCUT2D eigenvalue weighted by atomic mass is 16.1. The van der Waals surface area contributed by atoms with Crippen molar-refractivity contribution >= 4 is 5.91 Å². The number of amides is 1. The van der Waals surface area contributed by atoms with Crippen LogP contribution in [0.1, 0.15) is 42.5 Å². The van der Waals surface area contributed by atoms with Crippen molar-refractivity contribution in [2.24, 2.45) is 23.7 Å². The highest BCUT2D eigenvalue weighted by Crippen LogP contribution is 2.53. The highest BCUT2D eigenvalue weighted by molar-refractivity contribution is 5.97. The van der Waals surface area contributed by atoms with Crippen LogP contribution in [0.15, 0.2) is 30.6 Å². The molecule has 1 aromatic carbocycles. The summed E-state index contributed by atoms with van der Waals surface area (Å²) in [6, 6.07) is 7.85. The first-order chi connectivity index (χ1) is 11.8. The lowest BCUT2D eigenvalue weighted by atomic mass is 9.54. The maximum Gasteiger partial charge on any atom is 0.253 e. The number of aromatic nitrogens is 4. The molecule has 6 rings (SSSR count). The summed E-state index contributed by atoms with van der Waals surface area (Å²) < 4.78 is 1.55. The first-order valence-corrected chi connectivity index (χ1v) is 8.91. The third-order valence-corrected chi connectivity index (χ3v) is 6.27. The Morgan fingerprint density at radius 1 is 1.04 bits per heavy atom. The van der Waals surface area contributed by atoms with Crippen LogP contribution in [-0.2, 0) is 0 Å². The molecular formula is C18H21N5O. The number of para-hydroxylation sites is 1. The molecule has 6 heteroatoms. The van der Waals surface area contributed by atoms with Crippen molar-refractivity contribution in [2.75, 3.05) is 0 Å². The molecule has 0 saturated heterocycles.